The molecule has 2 aromatic carbocycles. The third kappa shape index (κ3) is 4.24. The van der Waals surface area contributed by atoms with E-state index in [4.69, 9.17) is 9.72 Å². The number of aromatic nitrogens is 2. The molecule has 33 heavy (non-hydrogen) atoms. The largest absolute Gasteiger partial charge is 0.492 e. The van der Waals surface area contributed by atoms with Gasteiger partial charge < -0.3 is 14.5 Å². The van der Waals surface area contributed by atoms with Crippen LogP contribution < -0.4 is 9.64 Å². The van der Waals surface area contributed by atoms with E-state index in [1.54, 1.807) is 12.4 Å². The van der Waals surface area contributed by atoms with E-state index in [1.165, 1.54) is 0 Å². The number of hydrogen-bond donors (Lipinski definition) is 0. The van der Waals surface area contributed by atoms with Crippen molar-refractivity contribution in [2.75, 3.05) is 37.7 Å². The number of carbonyl (C=O) groups is 1. The maximum Gasteiger partial charge on any atom is 0.254 e. The lowest BCUT2D eigenvalue weighted by Gasteiger charge is -2.37. The number of amides is 1. The number of nitrogens with zero attached hydrogens (tertiary/aromatic N) is 4. The molecule has 0 aliphatic carbocycles. The van der Waals surface area contributed by atoms with Crippen molar-refractivity contribution in [2.45, 2.75) is 6.92 Å². The fourth-order valence-corrected chi connectivity index (χ4v) is 4.34. The van der Waals surface area contributed by atoms with E-state index in [0.717, 1.165) is 46.7 Å². The van der Waals surface area contributed by atoms with E-state index in [9.17, 15) is 4.79 Å². The summed E-state index contributed by atoms with van der Waals surface area (Å²) in [5.74, 6) is 0.934. The molecule has 6 heteroatoms. The Morgan fingerprint density at radius 1 is 0.939 bits per heavy atom. The molecule has 0 unspecified atom stereocenters. The summed E-state index contributed by atoms with van der Waals surface area (Å²) >= 11 is 0. The summed E-state index contributed by atoms with van der Waals surface area (Å²) < 4.78 is 5.80. The van der Waals surface area contributed by atoms with Crippen molar-refractivity contribution in [1.82, 2.24) is 14.9 Å². The van der Waals surface area contributed by atoms with Crippen molar-refractivity contribution in [3.8, 4) is 17.0 Å². The van der Waals surface area contributed by atoms with E-state index >= 15 is 0 Å². The zero-order chi connectivity index (χ0) is 22.6. The van der Waals surface area contributed by atoms with Crippen LogP contribution in [0, 0.1) is 0 Å². The Bertz CT molecular complexity index is 1270. The van der Waals surface area contributed by atoms with Gasteiger partial charge in [-0.05, 0) is 43.3 Å². The van der Waals surface area contributed by atoms with Crippen LogP contribution in [0.3, 0.4) is 0 Å². The molecule has 0 atom stereocenters. The Kier molecular flexibility index (Phi) is 5.89. The fourth-order valence-electron chi connectivity index (χ4n) is 4.34. The number of carbonyl (C=O) groups excluding carboxylic acids is 1. The molecule has 166 valence electrons. The van der Waals surface area contributed by atoms with Crippen molar-refractivity contribution < 1.29 is 9.53 Å². The second-order valence-electron chi connectivity index (χ2n) is 7.99. The molecule has 2 aromatic heterocycles. The minimum absolute atomic E-state index is 0.0432. The standard InChI is InChI=1S/C27H26N4O2/c1-2-33-26-10-6-5-9-25(26)30-15-17-31(18-16-30)27(32)22-19-24(20-11-13-28-14-12-20)29-23-8-4-3-7-21(22)23/h3-14,19H,2,15-18H2,1H3. The van der Waals surface area contributed by atoms with Gasteiger partial charge in [0.2, 0.25) is 0 Å². The van der Waals surface area contributed by atoms with Crippen molar-refractivity contribution >= 4 is 22.5 Å². The van der Waals surface area contributed by atoms with Gasteiger partial charge in [-0.2, -0.15) is 0 Å². The molecule has 0 radical (unpaired) electrons. The van der Waals surface area contributed by atoms with Gasteiger partial charge in [-0.3, -0.25) is 9.78 Å². The normalized spacial score (nSPS) is 13.8. The second-order valence-corrected chi connectivity index (χ2v) is 7.99. The van der Waals surface area contributed by atoms with E-state index in [2.05, 4.69) is 16.0 Å². The number of piperazine rings is 1. The number of benzene rings is 2. The molecular weight excluding hydrogens is 412 g/mol. The predicted octanol–water partition coefficient (Wildman–Crippen LogP) is 4.66. The SMILES string of the molecule is CCOc1ccccc1N1CCN(C(=O)c2cc(-c3ccncc3)nc3ccccc23)CC1. The highest BCUT2D eigenvalue weighted by Crippen LogP contribution is 2.30. The molecule has 3 heterocycles. The van der Waals surface area contributed by atoms with E-state index in [0.29, 0.717) is 25.3 Å². The molecule has 1 amide bonds. The molecule has 1 saturated heterocycles. The number of para-hydroxylation sites is 3. The molecule has 1 fully saturated rings. The molecule has 0 saturated carbocycles. The lowest BCUT2D eigenvalue weighted by atomic mass is 10.0. The van der Waals surface area contributed by atoms with Gasteiger partial charge in [-0.25, -0.2) is 4.98 Å². The average molecular weight is 439 g/mol. The molecule has 4 aromatic rings. The summed E-state index contributed by atoms with van der Waals surface area (Å²) in [7, 11) is 0. The molecule has 1 aliphatic heterocycles. The number of ether oxygens (including phenoxy) is 1. The van der Waals surface area contributed by atoms with Gasteiger partial charge in [0, 0.05) is 49.5 Å². The zero-order valence-electron chi connectivity index (χ0n) is 18.6. The number of rotatable bonds is 5. The first-order valence-corrected chi connectivity index (χ1v) is 11.3. The summed E-state index contributed by atoms with van der Waals surface area (Å²) in [5.41, 5.74) is 4.32. The van der Waals surface area contributed by atoms with Gasteiger partial charge in [0.05, 0.1) is 29.1 Å². The first-order chi connectivity index (χ1) is 16.2. The topological polar surface area (TPSA) is 58.6 Å². The van der Waals surface area contributed by atoms with Crippen LogP contribution in [0.2, 0.25) is 0 Å². The van der Waals surface area contributed by atoms with E-state index < -0.39 is 0 Å². The van der Waals surface area contributed by atoms with Crippen LogP contribution in [-0.2, 0) is 0 Å². The van der Waals surface area contributed by atoms with Crippen LogP contribution in [-0.4, -0.2) is 53.6 Å². The highest BCUT2D eigenvalue weighted by Gasteiger charge is 2.25. The molecule has 0 N–H and O–H groups in total. The minimum Gasteiger partial charge on any atom is -0.492 e. The van der Waals surface area contributed by atoms with Crippen LogP contribution in [0.4, 0.5) is 5.69 Å². The molecule has 0 bridgehead atoms. The summed E-state index contributed by atoms with van der Waals surface area (Å²) in [4.78, 5) is 26.8. The highest BCUT2D eigenvalue weighted by atomic mass is 16.5. The summed E-state index contributed by atoms with van der Waals surface area (Å²) in [6.45, 7) is 5.45. The fraction of sp³-hybridized carbons (Fsp3) is 0.222. The first-order valence-electron chi connectivity index (χ1n) is 11.3. The van der Waals surface area contributed by atoms with E-state index in [1.807, 2.05) is 72.5 Å². The average Bonchev–Trinajstić information content (AvgIpc) is 2.89. The Labute approximate surface area is 193 Å². The van der Waals surface area contributed by atoms with E-state index in [-0.39, 0.29) is 5.91 Å². The van der Waals surface area contributed by atoms with Gasteiger partial charge in [-0.1, -0.05) is 30.3 Å². The quantitative estimate of drug-likeness (QED) is 0.454. The van der Waals surface area contributed by atoms with Gasteiger partial charge in [0.25, 0.3) is 5.91 Å². The third-order valence-corrected chi connectivity index (χ3v) is 6.00. The molecule has 5 rings (SSSR count). The summed E-state index contributed by atoms with van der Waals surface area (Å²) in [6, 6.07) is 21.7. The Morgan fingerprint density at radius 3 is 2.45 bits per heavy atom. The Morgan fingerprint density at radius 2 is 1.67 bits per heavy atom. The van der Waals surface area contributed by atoms with Crippen molar-refractivity contribution in [1.29, 1.82) is 0 Å². The monoisotopic (exact) mass is 438 g/mol. The van der Waals surface area contributed by atoms with Crippen LogP contribution in [0.15, 0.2) is 79.1 Å². The number of hydrogen-bond acceptors (Lipinski definition) is 5. The van der Waals surface area contributed by atoms with Crippen LogP contribution in [0.1, 0.15) is 17.3 Å². The molecule has 6 nitrogen and oxygen atoms in total. The Hall–Kier alpha value is -3.93. The van der Waals surface area contributed by atoms with Crippen molar-refractivity contribution in [3.05, 3.63) is 84.7 Å². The molecule has 0 spiro atoms. The smallest absolute Gasteiger partial charge is 0.254 e. The van der Waals surface area contributed by atoms with Crippen LogP contribution in [0.25, 0.3) is 22.2 Å². The van der Waals surface area contributed by atoms with Crippen molar-refractivity contribution in [3.63, 3.8) is 0 Å². The third-order valence-electron chi connectivity index (χ3n) is 6.00. The zero-order valence-corrected chi connectivity index (χ0v) is 18.6. The summed E-state index contributed by atoms with van der Waals surface area (Å²) in [5, 5.41) is 0.879. The highest BCUT2D eigenvalue weighted by molar-refractivity contribution is 6.07. The lowest BCUT2D eigenvalue weighted by Crippen LogP contribution is -2.49. The van der Waals surface area contributed by atoms with Crippen LogP contribution >= 0.6 is 0 Å². The predicted molar refractivity (Wildman–Crippen MR) is 131 cm³/mol. The number of anilines is 1. The van der Waals surface area contributed by atoms with Gasteiger partial charge in [0.1, 0.15) is 5.75 Å². The number of fused-ring (bicyclic) bond motifs is 1. The number of pyridine rings is 2. The van der Waals surface area contributed by atoms with Crippen LogP contribution in [0.5, 0.6) is 5.75 Å². The van der Waals surface area contributed by atoms with Gasteiger partial charge >= 0.3 is 0 Å². The lowest BCUT2D eigenvalue weighted by molar-refractivity contribution is 0.0748. The van der Waals surface area contributed by atoms with Gasteiger partial charge in [0.15, 0.2) is 0 Å². The maximum absolute atomic E-state index is 13.7. The maximum atomic E-state index is 13.7. The second kappa shape index (κ2) is 9.28. The molecular formula is C27H26N4O2. The Balaban J connectivity index is 1.41. The molecule has 1 aliphatic rings. The summed E-state index contributed by atoms with van der Waals surface area (Å²) in [6.07, 6.45) is 3.49. The minimum atomic E-state index is 0.0432. The van der Waals surface area contributed by atoms with Gasteiger partial charge in [-0.15, -0.1) is 0 Å². The first kappa shape index (κ1) is 20.9. The van der Waals surface area contributed by atoms with Crippen molar-refractivity contribution in [2.24, 2.45) is 0 Å².